The molecule has 1 saturated carbocycles. The van der Waals surface area contributed by atoms with Crippen LogP contribution in [0.5, 0.6) is 0 Å². The van der Waals surface area contributed by atoms with Gasteiger partial charge >= 0.3 is 0 Å². The zero-order valence-electron chi connectivity index (χ0n) is 24.1. The highest BCUT2D eigenvalue weighted by molar-refractivity contribution is 9.10. The van der Waals surface area contributed by atoms with Crippen molar-refractivity contribution in [2.24, 2.45) is 0 Å². The number of benzene rings is 1. The minimum Gasteiger partial charge on any atom is -0.448 e. The monoisotopic (exact) mass is 654 g/mol. The van der Waals surface area contributed by atoms with E-state index in [-0.39, 0.29) is 35.9 Å². The minimum absolute atomic E-state index is 0.155. The molecule has 0 spiro atoms. The Balaban J connectivity index is 1.22. The number of pyridine rings is 1. The van der Waals surface area contributed by atoms with Crippen LogP contribution >= 0.6 is 15.9 Å². The van der Waals surface area contributed by atoms with E-state index < -0.39 is 11.5 Å². The summed E-state index contributed by atoms with van der Waals surface area (Å²) in [5, 5.41) is 8.10. The fourth-order valence-electron chi connectivity index (χ4n) is 6.25. The first-order valence-electron chi connectivity index (χ1n) is 14.1. The first-order chi connectivity index (χ1) is 21.1. The standard InChI is InChI=1S/C31H27BrN8O4/c1-16-4-7-26(32)36-29(16)37-30(43)23-9-31(25-13-33-15-44-25)10-24(31)40(23)27(42)14-39-22-6-5-19(20-11-34-18(3)35-12-20)8-21(22)28(38-39)17(2)41/h4-8,11-13,15,23-24H,9-10,14H2,1-3H3,(H,36,37,43)/t23-,24+,31+/m0/s1. The molecule has 0 unspecified atom stereocenters. The van der Waals surface area contributed by atoms with Crippen LogP contribution < -0.4 is 5.32 Å². The number of fused-ring (bicyclic) bond motifs is 2. The molecule has 12 nitrogen and oxygen atoms in total. The summed E-state index contributed by atoms with van der Waals surface area (Å²) in [6, 6.07) is 8.23. The van der Waals surface area contributed by atoms with Crippen molar-refractivity contribution in [3.05, 3.63) is 82.8 Å². The van der Waals surface area contributed by atoms with Crippen LogP contribution in [0, 0.1) is 13.8 Å². The number of anilines is 1. The number of aromatic nitrogens is 6. The highest BCUT2D eigenvalue weighted by Crippen LogP contribution is 2.60. The number of rotatable bonds is 7. The van der Waals surface area contributed by atoms with Gasteiger partial charge in [-0.2, -0.15) is 5.10 Å². The predicted octanol–water partition coefficient (Wildman–Crippen LogP) is 4.41. The molecule has 0 bridgehead atoms. The molecule has 4 aromatic heterocycles. The fraction of sp³-hybridized carbons (Fsp3) is 0.290. The molecule has 1 saturated heterocycles. The van der Waals surface area contributed by atoms with E-state index in [4.69, 9.17) is 4.42 Å². The third-order valence-corrected chi connectivity index (χ3v) is 9.01. The maximum atomic E-state index is 14.1. The van der Waals surface area contributed by atoms with E-state index in [1.54, 1.807) is 29.6 Å². The topological polar surface area (TPSA) is 149 Å². The van der Waals surface area contributed by atoms with Gasteiger partial charge in [0.15, 0.2) is 12.2 Å². The number of hydrogen-bond donors (Lipinski definition) is 1. The zero-order valence-corrected chi connectivity index (χ0v) is 25.7. The van der Waals surface area contributed by atoms with Crippen LogP contribution in [-0.2, 0) is 21.5 Å². The smallest absolute Gasteiger partial charge is 0.248 e. The molecule has 1 aliphatic carbocycles. The predicted molar refractivity (Wildman–Crippen MR) is 163 cm³/mol. The molecule has 1 aliphatic heterocycles. The number of Topliss-reactive ketones (excluding diaryl/α,β-unsaturated/α-hetero) is 1. The van der Waals surface area contributed by atoms with E-state index in [1.807, 2.05) is 38.1 Å². The van der Waals surface area contributed by atoms with Crippen LogP contribution in [-0.4, -0.2) is 64.3 Å². The van der Waals surface area contributed by atoms with Gasteiger partial charge in [-0.15, -0.1) is 0 Å². The van der Waals surface area contributed by atoms with Crippen molar-refractivity contribution in [1.82, 2.24) is 34.6 Å². The summed E-state index contributed by atoms with van der Waals surface area (Å²) in [6.45, 7) is 4.96. The Morgan fingerprint density at radius 2 is 1.86 bits per heavy atom. The molecule has 3 atom stereocenters. The maximum Gasteiger partial charge on any atom is 0.248 e. The summed E-state index contributed by atoms with van der Waals surface area (Å²) in [5.74, 6) is 0.889. The van der Waals surface area contributed by atoms with E-state index in [1.165, 1.54) is 18.0 Å². The van der Waals surface area contributed by atoms with Crippen molar-refractivity contribution >= 4 is 50.2 Å². The highest BCUT2D eigenvalue weighted by atomic mass is 79.9. The lowest BCUT2D eigenvalue weighted by Crippen LogP contribution is -2.47. The number of ketones is 1. The lowest BCUT2D eigenvalue weighted by atomic mass is 9.96. The van der Waals surface area contributed by atoms with Crippen molar-refractivity contribution < 1.29 is 18.8 Å². The number of nitrogens with one attached hydrogen (secondary N) is 1. The van der Waals surface area contributed by atoms with Crippen molar-refractivity contribution in [3.8, 4) is 11.1 Å². The van der Waals surface area contributed by atoms with Crippen LogP contribution in [0.3, 0.4) is 0 Å². The van der Waals surface area contributed by atoms with Gasteiger partial charge in [0.1, 0.15) is 40.3 Å². The Kier molecular flexibility index (Phi) is 6.65. The summed E-state index contributed by atoms with van der Waals surface area (Å²) in [7, 11) is 0. The molecule has 13 heteroatoms. The third-order valence-electron chi connectivity index (χ3n) is 8.57. The second-order valence-electron chi connectivity index (χ2n) is 11.4. The molecule has 5 heterocycles. The van der Waals surface area contributed by atoms with Gasteiger partial charge in [-0.3, -0.25) is 19.1 Å². The van der Waals surface area contributed by atoms with E-state index in [0.29, 0.717) is 45.8 Å². The Morgan fingerprint density at radius 3 is 2.59 bits per heavy atom. The highest BCUT2D eigenvalue weighted by Gasteiger charge is 2.69. The normalized spacial score (nSPS) is 20.5. The first-order valence-corrected chi connectivity index (χ1v) is 14.9. The molecule has 1 aromatic carbocycles. The number of carbonyl (C=O) groups is 3. The largest absolute Gasteiger partial charge is 0.448 e. The van der Waals surface area contributed by atoms with E-state index in [2.05, 4.69) is 46.3 Å². The van der Waals surface area contributed by atoms with Gasteiger partial charge in [0.25, 0.3) is 0 Å². The van der Waals surface area contributed by atoms with Gasteiger partial charge in [-0.05, 0) is 71.9 Å². The second kappa shape index (κ2) is 10.4. The summed E-state index contributed by atoms with van der Waals surface area (Å²) < 4.78 is 7.79. The van der Waals surface area contributed by atoms with Crippen LogP contribution in [0.25, 0.3) is 22.0 Å². The molecule has 1 N–H and O–H groups in total. The molecule has 222 valence electrons. The number of nitrogens with zero attached hydrogens (tertiary/aromatic N) is 7. The average Bonchev–Trinajstić information content (AvgIpc) is 3.36. The van der Waals surface area contributed by atoms with E-state index in [9.17, 15) is 14.4 Å². The fourth-order valence-corrected chi connectivity index (χ4v) is 6.56. The van der Waals surface area contributed by atoms with E-state index >= 15 is 0 Å². The van der Waals surface area contributed by atoms with Crippen molar-refractivity contribution in [3.63, 3.8) is 0 Å². The van der Waals surface area contributed by atoms with Crippen LogP contribution in [0.15, 0.2) is 64.3 Å². The van der Waals surface area contributed by atoms with Crippen molar-refractivity contribution in [2.75, 3.05) is 5.32 Å². The van der Waals surface area contributed by atoms with E-state index in [0.717, 1.165) is 16.7 Å². The van der Waals surface area contributed by atoms with Crippen LogP contribution in [0.1, 0.15) is 47.4 Å². The molecule has 7 rings (SSSR count). The number of oxazole rings is 1. The van der Waals surface area contributed by atoms with Crippen molar-refractivity contribution in [1.29, 1.82) is 0 Å². The first kappa shape index (κ1) is 28.0. The molecule has 2 aliphatic rings. The van der Waals surface area contributed by atoms with Gasteiger partial charge in [0.05, 0.1) is 17.1 Å². The third kappa shape index (κ3) is 4.67. The van der Waals surface area contributed by atoms with Gasteiger partial charge in [0, 0.05) is 36.3 Å². The molecule has 2 fully saturated rings. The Morgan fingerprint density at radius 1 is 1.07 bits per heavy atom. The average molecular weight is 656 g/mol. The zero-order chi connectivity index (χ0) is 30.7. The number of hydrogen-bond acceptors (Lipinski definition) is 9. The van der Waals surface area contributed by atoms with Gasteiger partial charge < -0.3 is 14.6 Å². The quantitative estimate of drug-likeness (QED) is 0.199. The Hall–Kier alpha value is -4.78. The molecule has 5 aromatic rings. The van der Waals surface area contributed by atoms with Crippen LogP contribution in [0.4, 0.5) is 5.82 Å². The van der Waals surface area contributed by atoms with Gasteiger partial charge in [-0.25, -0.2) is 19.9 Å². The Bertz CT molecular complexity index is 1960. The van der Waals surface area contributed by atoms with Crippen molar-refractivity contribution in [2.45, 2.75) is 57.7 Å². The summed E-state index contributed by atoms with van der Waals surface area (Å²) in [6.07, 6.45) is 7.52. The number of piperidine rings is 1. The second-order valence-corrected chi connectivity index (χ2v) is 12.2. The molecular formula is C31H27BrN8O4. The molecular weight excluding hydrogens is 628 g/mol. The van der Waals surface area contributed by atoms with Crippen LogP contribution in [0.2, 0.25) is 0 Å². The summed E-state index contributed by atoms with van der Waals surface area (Å²) in [5.41, 5.74) is 2.82. The lowest BCUT2D eigenvalue weighted by Gasteiger charge is -2.27. The molecule has 44 heavy (non-hydrogen) atoms. The number of likely N-dealkylation sites (tertiary alicyclic amines) is 1. The minimum atomic E-state index is -0.770. The number of carbonyl (C=O) groups excluding carboxylic acids is 3. The SMILES string of the molecule is CC(=O)c1nn(CC(=O)N2[C@H](C(=O)Nc3nc(Br)ccc3C)C[C@@]3(c4cnco4)C[C@@H]23)c2ccc(-c3cnc(C)nc3)cc12. The molecule has 2 amide bonds. The molecule has 0 radical (unpaired) electrons. The van der Waals surface area contributed by atoms with Gasteiger partial charge in [-0.1, -0.05) is 12.1 Å². The lowest BCUT2D eigenvalue weighted by molar-refractivity contribution is -0.138. The number of aryl methyl sites for hydroxylation is 2. The van der Waals surface area contributed by atoms with Gasteiger partial charge in [0.2, 0.25) is 11.8 Å². The summed E-state index contributed by atoms with van der Waals surface area (Å²) >= 11 is 3.36. The maximum absolute atomic E-state index is 14.1. The number of halogens is 1. The Labute approximate surface area is 260 Å². The number of amides is 2. The summed E-state index contributed by atoms with van der Waals surface area (Å²) in [4.78, 5) is 59.2.